The van der Waals surface area contributed by atoms with E-state index in [2.05, 4.69) is 19.1 Å². The molecule has 1 aliphatic heterocycles. The highest BCUT2D eigenvalue weighted by molar-refractivity contribution is 5.51. The Labute approximate surface area is 107 Å². The van der Waals surface area contributed by atoms with E-state index in [1.807, 2.05) is 0 Å². The van der Waals surface area contributed by atoms with Gasteiger partial charge in [0.15, 0.2) is 11.5 Å². The molecule has 1 spiro atoms. The van der Waals surface area contributed by atoms with E-state index in [-0.39, 0.29) is 5.54 Å². The standard InChI is InChI=1S/C15H19NO2/c1-10-6-12-13(7-11(10)15(16)4-5-15)18-9-14(2-3-14)8-17-12/h6-7H,2-5,8-9,16H2,1H3. The van der Waals surface area contributed by atoms with Crippen LogP contribution in [-0.4, -0.2) is 13.2 Å². The van der Waals surface area contributed by atoms with Crippen LogP contribution in [0.1, 0.15) is 36.8 Å². The number of hydrogen-bond acceptors (Lipinski definition) is 3. The molecule has 3 nitrogen and oxygen atoms in total. The van der Waals surface area contributed by atoms with Gasteiger partial charge in [-0.2, -0.15) is 0 Å². The zero-order chi connectivity index (χ0) is 12.4. The van der Waals surface area contributed by atoms with E-state index in [0.717, 1.165) is 37.6 Å². The molecule has 2 fully saturated rings. The largest absolute Gasteiger partial charge is 0.489 e. The Balaban J connectivity index is 1.73. The van der Waals surface area contributed by atoms with Crippen molar-refractivity contribution in [3.63, 3.8) is 0 Å². The molecule has 1 aromatic rings. The van der Waals surface area contributed by atoms with Crippen molar-refractivity contribution in [2.75, 3.05) is 13.2 Å². The number of aryl methyl sites for hydroxylation is 1. The van der Waals surface area contributed by atoms with Crippen LogP contribution in [-0.2, 0) is 5.54 Å². The third-order valence-corrected chi connectivity index (χ3v) is 4.64. The smallest absolute Gasteiger partial charge is 0.161 e. The fraction of sp³-hybridized carbons (Fsp3) is 0.600. The van der Waals surface area contributed by atoms with Gasteiger partial charge in [0.1, 0.15) is 0 Å². The normalized spacial score (nSPS) is 25.7. The molecular formula is C15H19NO2. The summed E-state index contributed by atoms with van der Waals surface area (Å²) in [6.45, 7) is 3.70. The lowest BCUT2D eigenvalue weighted by molar-refractivity contribution is 0.197. The van der Waals surface area contributed by atoms with Crippen molar-refractivity contribution in [2.45, 2.75) is 38.1 Å². The van der Waals surface area contributed by atoms with Gasteiger partial charge in [0.25, 0.3) is 0 Å². The Kier molecular flexibility index (Phi) is 1.90. The average Bonchev–Trinajstić information content (AvgIpc) is 3.24. The van der Waals surface area contributed by atoms with E-state index in [1.165, 1.54) is 24.0 Å². The van der Waals surface area contributed by atoms with Gasteiger partial charge in [-0.25, -0.2) is 0 Å². The van der Waals surface area contributed by atoms with Crippen molar-refractivity contribution in [3.8, 4) is 11.5 Å². The summed E-state index contributed by atoms with van der Waals surface area (Å²) in [4.78, 5) is 0. The first-order chi connectivity index (χ1) is 8.60. The van der Waals surface area contributed by atoms with E-state index in [4.69, 9.17) is 15.2 Å². The number of benzene rings is 1. The van der Waals surface area contributed by atoms with Crippen molar-refractivity contribution in [1.29, 1.82) is 0 Å². The first-order valence-corrected chi connectivity index (χ1v) is 6.80. The van der Waals surface area contributed by atoms with Crippen LogP contribution in [0.25, 0.3) is 0 Å². The van der Waals surface area contributed by atoms with Crippen LogP contribution in [0.2, 0.25) is 0 Å². The number of nitrogens with two attached hydrogens (primary N) is 1. The predicted octanol–water partition coefficient (Wildman–Crippen LogP) is 2.49. The molecule has 2 saturated carbocycles. The van der Waals surface area contributed by atoms with Crippen molar-refractivity contribution in [3.05, 3.63) is 23.3 Å². The van der Waals surface area contributed by atoms with Gasteiger partial charge in [0.05, 0.1) is 13.2 Å². The predicted molar refractivity (Wildman–Crippen MR) is 68.9 cm³/mol. The van der Waals surface area contributed by atoms with Crippen LogP contribution >= 0.6 is 0 Å². The molecule has 3 heteroatoms. The second kappa shape index (κ2) is 3.21. The third kappa shape index (κ3) is 1.53. The fourth-order valence-corrected chi connectivity index (χ4v) is 2.80. The minimum atomic E-state index is -0.105. The highest BCUT2D eigenvalue weighted by Crippen LogP contribution is 2.51. The second-order valence-corrected chi connectivity index (χ2v) is 6.35. The van der Waals surface area contributed by atoms with Crippen LogP contribution in [0.15, 0.2) is 12.1 Å². The molecule has 0 atom stereocenters. The monoisotopic (exact) mass is 245 g/mol. The van der Waals surface area contributed by atoms with Gasteiger partial charge in [0, 0.05) is 11.0 Å². The summed E-state index contributed by atoms with van der Waals surface area (Å²) in [5.41, 5.74) is 8.96. The van der Waals surface area contributed by atoms with Gasteiger partial charge >= 0.3 is 0 Å². The maximum atomic E-state index is 6.31. The van der Waals surface area contributed by atoms with E-state index in [1.54, 1.807) is 0 Å². The molecular weight excluding hydrogens is 226 g/mol. The summed E-state index contributed by atoms with van der Waals surface area (Å²) in [5, 5.41) is 0. The highest BCUT2D eigenvalue weighted by Gasteiger charge is 2.47. The lowest BCUT2D eigenvalue weighted by Gasteiger charge is -2.16. The van der Waals surface area contributed by atoms with Crippen molar-refractivity contribution < 1.29 is 9.47 Å². The van der Waals surface area contributed by atoms with Gasteiger partial charge in [-0.3, -0.25) is 0 Å². The Hall–Kier alpha value is -1.22. The fourth-order valence-electron chi connectivity index (χ4n) is 2.80. The average molecular weight is 245 g/mol. The van der Waals surface area contributed by atoms with Crippen LogP contribution in [0.5, 0.6) is 11.5 Å². The summed E-state index contributed by atoms with van der Waals surface area (Å²) in [5.74, 6) is 1.78. The van der Waals surface area contributed by atoms with Gasteiger partial charge < -0.3 is 15.2 Å². The number of ether oxygens (including phenoxy) is 2. The zero-order valence-corrected chi connectivity index (χ0v) is 10.8. The summed E-state index contributed by atoms with van der Waals surface area (Å²) in [6.07, 6.45) is 4.62. The summed E-state index contributed by atoms with van der Waals surface area (Å²) in [6, 6.07) is 4.21. The minimum Gasteiger partial charge on any atom is -0.489 e. The molecule has 18 heavy (non-hydrogen) atoms. The second-order valence-electron chi connectivity index (χ2n) is 6.35. The lowest BCUT2D eigenvalue weighted by atomic mass is 9.99. The van der Waals surface area contributed by atoms with Gasteiger partial charge in [-0.1, -0.05) is 0 Å². The molecule has 2 N–H and O–H groups in total. The maximum Gasteiger partial charge on any atom is 0.161 e. The van der Waals surface area contributed by atoms with Gasteiger partial charge in [0.2, 0.25) is 0 Å². The number of hydrogen-bond donors (Lipinski definition) is 1. The van der Waals surface area contributed by atoms with E-state index >= 15 is 0 Å². The number of fused-ring (bicyclic) bond motifs is 1. The molecule has 0 saturated heterocycles. The highest BCUT2D eigenvalue weighted by atomic mass is 16.5. The van der Waals surface area contributed by atoms with Gasteiger partial charge in [-0.05, 0) is 55.9 Å². The van der Waals surface area contributed by atoms with E-state index in [0.29, 0.717) is 5.41 Å². The Bertz CT molecular complexity index is 515. The van der Waals surface area contributed by atoms with Crippen LogP contribution < -0.4 is 15.2 Å². The summed E-state index contributed by atoms with van der Waals surface area (Å²) >= 11 is 0. The molecule has 1 aromatic carbocycles. The van der Waals surface area contributed by atoms with E-state index in [9.17, 15) is 0 Å². The summed E-state index contributed by atoms with van der Waals surface area (Å²) in [7, 11) is 0. The van der Waals surface area contributed by atoms with Crippen LogP contribution in [0.4, 0.5) is 0 Å². The maximum absolute atomic E-state index is 6.31. The molecule has 1 heterocycles. The molecule has 3 aliphatic rings. The Morgan fingerprint density at radius 3 is 2.17 bits per heavy atom. The minimum absolute atomic E-state index is 0.105. The van der Waals surface area contributed by atoms with Crippen molar-refractivity contribution in [2.24, 2.45) is 11.1 Å². The molecule has 0 bridgehead atoms. The lowest BCUT2D eigenvalue weighted by Crippen LogP contribution is -2.20. The Morgan fingerprint density at radius 2 is 1.61 bits per heavy atom. The zero-order valence-electron chi connectivity index (χ0n) is 10.8. The molecule has 0 unspecified atom stereocenters. The number of rotatable bonds is 1. The summed E-state index contributed by atoms with van der Waals surface area (Å²) < 4.78 is 11.9. The third-order valence-electron chi connectivity index (χ3n) is 4.64. The molecule has 4 rings (SSSR count). The molecule has 0 radical (unpaired) electrons. The molecule has 0 amide bonds. The Morgan fingerprint density at radius 1 is 1.00 bits per heavy atom. The van der Waals surface area contributed by atoms with Crippen molar-refractivity contribution >= 4 is 0 Å². The van der Waals surface area contributed by atoms with Crippen molar-refractivity contribution in [1.82, 2.24) is 0 Å². The van der Waals surface area contributed by atoms with Crippen LogP contribution in [0.3, 0.4) is 0 Å². The van der Waals surface area contributed by atoms with E-state index < -0.39 is 0 Å². The molecule has 96 valence electrons. The van der Waals surface area contributed by atoms with Crippen LogP contribution in [0, 0.1) is 12.3 Å². The molecule has 0 aromatic heterocycles. The van der Waals surface area contributed by atoms with Gasteiger partial charge in [-0.15, -0.1) is 0 Å². The molecule has 2 aliphatic carbocycles. The first kappa shape index (κ1) is 10.7. The quantitative estimate of drug-likeness (QED) is 0.826. The first-order valence-electron chi connectivity index (χ1n) is 6.80. The SMILES string of the molecule is Cc1cc2c(cc1C1(N)CC1)OCC1(CC1)CO2. The topological polar surface area (TPSA) is 44.5 Å².